The SMILES string of the molecule is CCCC1(COC(=O)NCc2c(-c3ccc(O[C@H]4CC[C@H](CC(=O)O)C4)c(C)n3)nnn2C)CCC1. The van der Waals surface area contributed by atoms with Gasteiger partial charge in [0.25, 0.3) is 0 Å². The monoisotopic (exact) mass is 499 g/mol. The normalized spacial score (nSPS) is 20.5. The fourth-order valence-corrected chi connectivity index (χ4v) is 5.43. The smallest absolute Gasteiger partial charge is 0.407 e. The van der Waals surface area contributed by atoms with Gasteiger partial charge >= 0.3 is 12.1 Å². The van der Waals surface area contributed by atoms with E-state index in [0.717, 1.165) is 56.3 Å². The maximum absolute atomic E-state index is 12.4. The van der Waals surface area contributed by atoms with Gasteiger partial charge in [-0.25, -0.2) is 14.5 Å². The van der Waals surface area contributed by atoms with E-state index in [1.54, 1.807) is 11.7 Å². The Labute approximate surface area is 211 Å². The van der Waals surface area contributed by atoms with Crippen LogP contribution < -0.4 is 10.1 Å². The van der Waals surface area contributed by atoms with Crippen molar-refractivity contribution in [1.29, 1.82) is 0 Å². The third-order valence-corrected chi connectivity index (χ3v) is 7.58. The zero-order valence-electron chi connectivity index (χ0n) is 21.5. The van der Waals surface area contributed by atoms with E-state index in [1.807, 2.05) is 19.1 Å². The molecule has 2 aromatic heterocycles. The number of carboxylic acid groups (broad SMARTS) is 1. The predicted octanol–water partition coefficient (Wildman–Crippen LogP) is 4.40. The summed E-state index contributed by atoms with van der Waals surface area (Å²) in [6, 6.07) is 3.71. The topological polar surface area (TPSA) is 128 Å². The molecule has 0 saturated heterocycles. The van der Waals surface area contributed by atoms with Gasteiger partial charge in [0.1, 0.15) is 11.4 Å². The van der Waals surface area contributed by atoms with Crippen LogP contribution in [0.3, 0.4) is 0 Å². The lowest BCUT2D eigenvalue weighted by molar-refractivity contribution is -0.138. The number of nitrogens with one attached hydrogen (secondary N) is 1. The van der Waals surface area contributed by atoms with E-state index in [-0.39, 0.29) is 30.4 Å². The summed E-state index contributed by atoms with van der Waals surface area (Å²) in [7, 11) is 1.78. The Morgan fingerprint density at radius 1 is 1.28 bits per heavy atom. The van der Waals surface area contributed by atoms with Crippen molar-refractivity contribution < 1.29 is 24.2 Å². The molecule has 2 aliphatic carbocycles. The van der Waals surface area contributed by atoms with Crippen molar-refractivity contribution in [1.82, 2.24) is 25.3 Å². The number of ether oxygens (including phenoxy) is 2. The maximum Gasteiger partial charge on any atom is 0.407 e. The van der Waals surface area contributed by atoms with E-state index >= 15 is 0 Å². The molecule has 0 spiro atoms. The van der Waals surface area contributed by atoms with Crippen LogP contribution in [0.25, 0.3) is 11.4 Å². The Morgan fingerprint density at radius 2 is 2.08 bits per heavy atom. The van der Waals surface area contributed by atoms with Gasteiger partial charge in [0.2, 0.25) is 0 Å². The Balaban J connectivity index is 1.35. The number of carbonyl (C=O) groups is 2. The number of hydrogen-bond donors (Lipinski definition) is 2. The molecule has 10 nitrogen and oxygen atoms in total. The molecule has 196 valence electrons. The molecule has 2 aromatic rings. The van der Waals surface area contributed by atoms with Gasteiger partial charge in [0.15, 0.2) is 0 Å². The van der Waals surface area contributed by atoms with E-state index in [4.69, 9.17) is 14.6 Å². The van der Waals surface area contributed by atoms with E-state index in [9.17, 15) is 9.59 Å². The molecule has 2 atom stereocenters. The highest BCUT2D eigenvalue weighted by Gasteiger charge is 2.37. The summed E-state index contributed by atoms with van der Waals surface area (Å²) in [6.07, 6.45) is 7.83. The van der Waals surface area contributed by atoms with Gasteiger partial charge in [0, 0.05) is 18.9 Å². The van der Waals surface area contributed by atoms with Crippen molar-refractivity contribution in [2.45, 2.75) is 84.3 Å². The zero-order chi connectivity index (χ0) is 25.7. The summed E-state index contributed by atoms with van der Waals surface area (Å²) in [6.45, 7) is 4.73. The third-order valence-electron chi connectivity index (χ3n) is 7.58. The Hall–Kier alpha value is -3.17. The van der Waals surface area contributed by atoms with Crippen LogP contribution in [0, 0.1) is 18.3 Å². The number of carboxylic acids is 1. The summed E-state index contributed by atoms with van der Waals surface area (Å²) in [4.78, 5) is 28.0. The number of pyridine rings is 1. The summed E-state index contributed by atoms with van der Waals surface area (Å²) in [5.41, 5.74) is 2.85. The first kappa shape index (κ1) is 25.9. The fourth-order valence-electron chi connectivity index (χ4n) is 5.43. The average molecular weight is 500 g/mol. The Kier molecular flexibility index (Phi) is 8.11. The predicted molar refractivity (Wildman–Crippen MR) is 132 cm³/mol. The van der Waals surface area contributed by atoms with E-state index < -0.39 is 12.1 Å². The number of aromatic nitrogens is 4. The molecule has 4 rings (SSSR count). The fraction of sp³-hybridized carbons (Fsp3) is 0.654. The minimum atomic E-state index is -0.760. The number of hydrogen-bond acceptors (Lipinski definition) is 7. The van der Waals surface area contributed by atoms with Gasteiger partial charge in [-0.2, -0.15) is 0 Å². The molecule has 0 aromatic carbocycles. The highest BCUT2D eigenvalue weighted by atomic mass is 16.5. The Morgan fingerprint density at radius 3 is 2.75 bits per heavy atom. The van der Waals surface area contributed by atoms with Crippen molar-refractivity contribution in [2.75, 3.05) is 6.61 Å². The summed E-state index contributed by atoms with van der Waals surface area (Å²) < 4.78 is 13.3. The van der Waals surface area contributed by atoms with Crippen molar-refractivity contribution in [3.63, 3.8) is 0 Å². The minimum absolute atomic E-state index is 0.000564. The number of alkyl carbamates (subject to hydrolysis) is 1. The van der Waals surface area contributed by atoms with Crippen LogP contribution in [0.4, 0.5) is 4.79 Å². The standard InChI is InChI=1S/C26H37N5O5/c1-4-10-26(11-5-12-26)16-35-25(34)27-15-21-24(29-30-31(21)3)20-8-9-22(17(2)28-20)36-19-7-6-18(13-19)14-23(32)33/h8-9,18-19H,4-7,10-16H2,1-3H3,(H,27,34)(H,32,33)/t18-,19-/m0/s1. The number of amides is 1. The number of nitrogens with zero attached hydrogens (tertiary/aromatic N) is 4. The van der Waals surface area contributed by atoms with Crippen molar-refractivity contribution in [2.24, 2.45) is 18.4 Å². The zero-order valence-corrected chi connectivity index (χ0v) is 21.5. The van der Waals surface area contributed by atoms with Crippen LogP contribution in [-0.4, -0.2) is 49.9 Å². The van der Waals surface area contributed by atoms with Crippen LogP contribution in [0.5, 0.6) is 5.75 Å². The number of aliphatic carboxylic acids is 1. The first-order chi connectivity index (χ1) is 17.3. The molecular weight excluding hydrogens is 462 g/mol. The average Bonchev–Trinajstić information content (AvgIpc) is 3.40. The summed E-state index contributed by atoms with van der Waals surface area (Å²) in [5.74, 6) is 0.0836. The third kappa shape index (κ3) is 6.14. The van der Waals surface area contributed by atoms with Crippen molar-refractivity contribution in [3.8, 4) is 17.1 Å². The molecule has 0 radical (unpaired) electrons. The molecule has 1 amide bonds. The van der Waals surface area contributed by atoms with E-state index in [0.29, 0.717) is 23.7 Å². The highest BCUT2D eigenvalue weighted by molar-refractivity contribution is 5.68. The van der Waals surface area contributed by atoms with E-state index in [1.165, 1.54) is 6.42 Å². The molecule has 2 saturated carbocycles. The van der Waals surface area contributed by atoms with Crippen LogP contribution in [0.15, 0.2) is 12.1 Å². The summed E-state index contributed by atoms with van der Waals surface area (Å²) >= 11 is 0. The molecule has 2 aliphatic rings. The minimum Gasteiger partial charge on any atom is -0.489 e. The Bertz CT molecular complexity index is 1080. The van der Waals surface area contributed by atoms with Crippen LogP contribution >= 0.6 is 0 Å². The van der Waals surface area contributed by atoms with Gasteiger partial charge in [-0.1, -0.05) is 25.0 Å². The molecular formula is C26H37N5O5. The number of aryl methyl sites for hydroxylation is 2. The molecule has 2 fully saturated rings. The first-order valence-electron chi connectivity index (χ1n) is 12.9. The van der Waals surface area contributed by atoms with Crippen LogP contribution in [-0.2, 0) is 23.1 Å². The highest BCUT2D eigenvalue weighted by Crippen LogP contribution is 2.45. The van der Waals surface area contributed by atoms with Gasteiger partial charge in [-0.3, -0.25) is 4.79 Å². The van der Waals surface area contributed by atoms with Gasteiger partial charge < -0.3 is 19.9 Å². The molecule has 2 N–H and O–H groups in total. The quantitative estimate of drug-likeness (QED) is 0.465. The molecule has 0 bridgehead atoms. The van der Waals surface area contributed by atoms with Crippen LogP contribution in [0.2, 0.25) is 0 Å². The van der Waals surface area contributed by atoms with Crippen molar-refractivity contribution >= 4 is 12.1 Å². The molecule has 0 aliphatic heterocycles. The first-order valence-corrected chi connectivity index (χ1v) is 12.9. The second-order valence-electron chi connectivity index (χ2n) is 10.3. The van der Waals surface area contributed by atoms with Gasteiger partial charge in [-0.05, 0) is 63.5 Å². The number of rotatable bonds is 11. The lowest BCUT2D eigenvalue weighted by Gasteiger charge is -2.41. The number of carbonyl (C=O) groups excluding carboxylic acids is 1. The second-order valence-corrected chi connectivity index (χ2v) is 10.3. The summed E-state index contributed by atoms with van der Waals surface area (Å²) in [5, 5.41) is 20.3. The van der Waals surface area contributed by atoms with E-state index in [2.05, 4.69) is 27.5 Å². The maximum atomic E-state index is 12.4. The molecule has 2 heterocycles. The molecule has 0 unspecified atom stereocenters. The van der Waals surface area contributed by atoms with Crippen molar-refractivity contribution in [3.05, 3.63) is 23.5 Å². The van der Waals surface area contributed by atoms with Crippen LogP contribution in [0.1, 0.15) is 76.1 Å². The molecule has 10 heteroatoms. The lowest BCUT2D eigenvalue weighted by Crippen LogP contribution is -2.37. The van der Waals surface area contributed by atoms with Gasteiger partial charge in [-0.15, -0.1) is 5.10 Å². The largest absolute Gasteiger partial charge is 0.489 e. The van der Waals surface area contributed by atoms with Gasteiger partial charge in [0.05, 0.1) is 36.3 Å². The molecule has 36 heavy (non-hydrogen) atoms. The lowest BCUT2D eigenvalue weighted by atomic mass is 9.67. The second kappa shape index (κ2) is 11.3.